The first-order chi connectivity index (χ1) is 11.5. The van der Waals surface area contributed by atoms with Crippen molar-refractivity contribution in [2.24, 2.45) is 0 Å². The predicted molar refractivity (Wildman–Crippen MR) is 90.9 cm³/mol. The summed E-state index contributed by atoms with van der Waals surface area (Å²) >= 11 is 0.988. The Labute approximate surface area is 146 Å². The molecule has 1 N–H and O–H groups in total. The molecular weight excluding hydrogens is 328 g/mol. The summed E-state index contributed by atoms with van der Waals surface area (Å²) in [5.41, 5.74) is 0.0384. The molecule has 1 heterocycles. The molecule has 7 nitrogen and oxygen atoms in total. The minimum absolute atomic E-state index is 0.0384. The Morgan fingerprint density at radius 1 is 1.42 bits per heavy atom. The Morgan fingerprint density at radius 2 is 2.12 bits per heavy atom. The van der Waals surface area contributed by atoms with Gasteiger partial charge in [0.2, 0.25) is 5.91 Å². The number of carbonyl (C=O) groups excluding carboxylic acids is 3. The second kappa shape index (κ2) is 8.73. The minimum Gasteiger partial charge on any atom is -0.388 e. The van der Waals surface area contributed by atoms with Crippen molar-refractivity contribution in [2.75, 3.05) is 25.9 Å². The summed E-state index contributed by atoms with van der Waals surface area (Å²) in [7, 11) is 1.74. The SMILES string of the molecule is CN(C(=O)/C(C#N)=C\NCCN1C(=O)CSC1=O)C1CCCCC1. The highest BCUT2D eigenvalue weighted by molar-refractivity contribution is 8.14. The smallest absolute Gasteiger partial charge is 0.288 e. The molecule has 0 radical (unpaired) electrons. The van der Waals surface area contributed by atoms with Crippen LogP contribution < -0.4 is 5.32 Å². The number of hydrogen-bond donors (Lipinski definition) is 1. The van der Waals surface area contributed by atoms with E-state index in [4.69, 9.17) is 0 Å². The maximum atomic E-state index is 12.4. The number of imide groups is 1. The Balaban J connectivity index is 1.84. The van der Waals surface area contributed by atoms with Gasteiger partial charge < -0.3 is 10.2 Å². The number of thioether (sulfide) groups is 1. The monoisotopic (exact) mass is 350 g/mol. The number of nitriles is 1. The molecule has 1 saturated heterocycles. The molecule has 24 heavy (non-hydrogen) atoms. The molecule has 0 bridgehead atoms. The summed E-state index contributed by atoms with van der Waals surface area (Å²) in [4.78, 5) is 38.2. The van der Waals surface area contributed by atoms with Gasteiger partial charge in [-0.3, -0.25) is 19.3 Å². The van der Waals surface area contributed by atoms with Gasteiger partial charge in [-0.15, -0.1) is 0 Å². The van der Waals surface area contributed by atoms with Crippen molar-refractivity contribution in [2.45, 2.75) is 38.1 Å². The lowest BCUT2D eigenvalue weighted by molar-refractivity contribution is -0.128. The van der Waals surface area contributed by atoms with Crippen molar-refractivity contribution in [1.29, 1.82) is 5.26 Å². The van der Waals surface area contributed by atoms with Crippen LogP contribution in [0.4, 0.5) is 4.79 Å². The van der Waals surface area contributed by atoms with Gasteiger partial charge in [0.05, 0.1) is 5.75 Å². The van der Waals surface area contributed by atoms with Gasteiger partial charge in [0.15, 0.2) is 0 Å². The molecule has 3 amide bonds. The maximum Gasteiger partial charge on any atom is 0.288 e. The summed E-state index contributed by atoms with van der Waals surface area (Å²) in [5, 5.41) is 11.8. The van der Waals surface area contributed by atoms with Crippen molar-refractivity contribution >= 4 is 28.8 Å². The fourth-order valence-electron chi connectivity index (χ4n) is 2.91. The lowest BCUT2D eigenvalue weighted by Gasteiger charge is -2.31. The first-order valence-electron chi connectivity index (χ1n) is 8.12. The number of carbonyl (C=O) groups is 3. The minimum atomic E-state index is -0.291. The highest BCUT2D eigenvalue weighted by atomic mass is 32.2. The molecule has 0 spiro atoms. The van der Waals surface area contributed by atoms with E-state index in [0.717, 1.165) is 37.4 Å². The number of hydrogen-bond acceptors (Lipinski definition) is 6. The molecule has 2 rings (SSSR count). The fraction of sp³-hybridized carbons (Fsp3) is 0.625. The zero-order chi connectivity index (χ0) is 17.5. The van der Waals surface area contributed by atoms with Crippen molar-refractivity contribution in [1.82, 2.24) is 15.1 Å². The molecule has 130 valence electrons. The average Bonchev–Trinajstić information content (AvgIpc) is 2.93. The van der Waals surface area contributed by atoms with Crippen molar-refractivity contribution in [3.63, 3.8) is 0 Å². The third-order valence-corrected chi connectivity index (χ3v) is 5.22. The summed E-state index contributed by atoms with van der Waals surface area (Å²) in [6.07, 6.45) is 6.76. The van der Waals surface area contributed by atoms with Crippen molar-refractivity contribution < 1.29 is 14.4 Å². The lowest BCUT2D eigenvalue weighted by atomic mass is 9.94. The standard InChI is InChI=1S/C16H22N4O3S/c1-19(13-5-3-2-4-6-13)15(22)12(9-17)10-18-7-8-20-14(21)11-24-16(20)23/h10,13,18H,2-8,11H2,1H3/b12-10-. The molecule has 0 unspecified atom stereocenters. The van der Waals surface area contributed by atoms with E-state index in [0.29, 0.717) is 6.54 Å². The summed E-state index contributed by atoms with van der Waals surface area (Å²) in [5.74, 6) is -0.312. The Bertz CT molecular complexity index is 562. The molecule has 1 saturated carbocycles. The Hall–Kier alpha value is -2.01. The van der Waals surface area contributed by atoms with E-state index in [1.807, 2.05) is 6.07 Å². The van der Waals surface area contributed by atoms with E-state index < -0.39 is 0 Å². The van der Waals surface area contributed by atoms with Crippen LogP contribution in [0.3, 0.4) is 0 Å². The first kappa shape index (κ1) is 18.3. The number of likely N-dealkylation sites (N-methyl/N-ethyl adjacent to an activating group) is 1. The lowest BCUT2D eigenvalue weighted by Crippen LogP contribution is -2.39. The normalized spacial score (nSPS) is 19.3. The maximum absolute atomic E-state index is 12.4. The van der Waals surface area contributed by atoms with Crippen LogP contribution in [-0.4, -0.2) is 58.8 Å². The molecule has 1 aliphatic carbocycles. The van der Waals surface area contributed by atoms with E-state index >= 15 is 0 Å². The van der Waals surface area contributed by atoms with Gasteiger partial charge >= 0.3 is 0 Å². The van der Waals surface area contributed by atoms with Gasteiger partial charge in [-0.2, -0.15) is 5.26 Å². The molecule has 0 atom stereocenters. The van der Waals surface area contributed by atoms with Gasteiger partial charge in [0.1, 0.15) is 11.6 Å². The second-order valence-corrected chi connectivity index (χ2v) is 6.86. The second-order valence-electron chi connectivity index (χ2n) is 5.93. The Kier molecular flexibility index (Phi) is 6.67. The third-order valence-electron chi connectivity index (χ3n) is 4.36. The van der Waals surface area contributed by atoms with E-state index in [9.17, 15) is 19.6 Å². The van der Waals surface area contributed by atoms with Crippen LogP contribution >= 0.6 is 11.8 Å². The van der Waals surface area contributed by atoms with Gasteiger partial charge in [-0.25, -0.2) is 0 Å². The van der Waals surface area contributed by atoms with Gasteiger partial charge in [0.25, 0.3) is 11.1 Å². The summed E-state index contributed by atoms with van der Waals surface area (Å²) in [6, 6.07) is 2.12. The van der Waals surface area contributed by atoms with E-state index in [-0.39, 0.29) is 41.0 Å². The quantitative estimate of drug-likeness (QED) is 0.443. The van der Waals surface area contributed by atoms with Crippen molar-refractivity contribution in [3.05, 3.63) is 11.8 Å². The average molecular weight is 350 g/mol. The molecule has 0 aromatic rings. The number of nitrogens with one attached hydrogen (secondary N) is 1. The van der Waals surface area contributed by atoms with Crippen LogP contribution in [0, 0.1) is 11.3 Å². The zero-order valence-electron chi connectivity index (χ0n) is 13.8. The molecule has 1 aliphatic heterocycles. The zero-order valence-corrected chi connectivity index (χ0v) is 14.6. The first-order valence-corrected chi connectivity index (χ1v) is 9.11. The third kappa shape index (κ3) is 4.51. The molecule has 2 fully saturated rings. The number of nitrogens with zero attached hydrogens (tertiary/aromatic N) is 3. The van der Waals surface area contributed by atoms with E-state index in [2.05, 4.69) is 5.32 Å². The molecular formula is C16H22N4O3S. The van der Waals surface area contributed by atoms with Crippen LogP contribution in [0.1, 0.15) is 32.1 Å². The molecule has 0 aromatic carbocycles. The van der Waals surface area contributed by atoms with Crippen LogP contribution in [-0.2, 0) is 9.59 Å². The summed E-state index contributed by atoms with van der Waals surface area (Å²) in [6.45, 7) is 0.538. The van der Waals surface area contributed by atoms with E-state index in [1.54, 1.807) is 11.9 Å². The number of amides is 3. The topological polar surface area (TPSA) is 93.5 Å². The number of rotatable bonds is 6. The largest absolute Gasteiger partial charge is 0.388 e. The van der Waals surface area contributed by atoms with Crippen molar-refractivity contribution in [3.8, 4) is 6.07 Å². The summed E-state index contributed by atoms with van der Waals surface area (Å²) < 4.78 is 0. The van der Waals surface area contributed by atoms with Gasteiger partial charge in [-0.1, -0.05) is 31.0 Å². The molecule has 8 heteroatoms. The van der Waals surface area contributed by atoms with Crippen LogP contribution in [0.2, 0.25) is 0 Å². The predicted octanol–water partition coefficient (Wildman–Crippen LogP) is 1.47. The van der Waals surface area contributed by atoms with Crippen LogP contribution in [0.5, 0.6) is 0 Å². The highest BCUT2D eigenvalue weighted by Crippen LogP contribution is 2.22. The van der Waals surface area contributed by atoms with E-state index in [1.165, 1.54) is 17.5 Å². The van der Waals surface area contributed by atoms with Gasteiger partial charge in [0, 0.05) is 32.4 Å². The van der Waals surface area contributed by atoms with Crippen LogP contribution in [0.25, 0.3) is 0 Å². The fourth-order valence-corrected chi connectivity index (χ4v) is 3.67. The molecule has 0 aromatic heterocycles. The molecule has 2 aliphatic rings. The van der Waals surface area contributed by atoms with Crippen LogP contribution in [0.15, 0.2) is 11.8 Å². The highest BCUT2D eigenvalue weighted by Gasteiger charge is 2.29. The Morgan fingerprint density at radius 3 is 2.71 bits per heavy atom. The van der Waals surface area contributed by atoms with Gasteiger partial charge in [-0.05, 0) is 12.8 Å².